The standard InChI is InChI=1S/C31H32ClN5O3S/c1-4-18-41-31-35-30-33-20(3)27(29(38)34-25-8-6-7-9-26(25)39-5-2)28(37(30)36-31)22-12-16-24(17-13-22)40-19-21-10-14-23(32)15-11-21/h6-17,28H,4-5,18-19H2,1-3H3,(H,34,38)(H,33,35,36). The van der Waals surface area contributed by atoms with E-state index in [1.54, 1.807) is 16.4 Å². The Labute approximate surface area is 249 Å². The van der Waals surface area contributed by atoms with Crippen molar-refractivity contribution in [3.8, 4) is 11.5 Å². The van der Waals surface area contributed by atoms with Gasteiger partial charge in [0.25, 0.3) is 5.91 Å². The van der Waals surface area contributed by atoms with Crippen LogP contribution in [0.3, 0.4) is 0 Å². The van der Waals surface area contributed by atoms with Crippen LogP contribution in [-0.4, -0.2) is 33.0 Å². The van der Waals surface area contributed by atoms with Gasteiger partial charge in [0, 0.05) is 16.5 Å². The summed E-state index contributed by atoms with van der Waals surface area (Å²) < 4.78 is 13.5. The maximum Gasteiger partial charge on any atom is 0.255 e. The Hall–Kier alpha value is -3.95. The van der Waals surface area contributed by atoms with Gasteiger partial charge in [-0.3, -0.25) is 4.79 Å². The van der Waals surface area contributed by atoms with Crippen LogP contribution in [0.1, 0.15) is 44.4 Å². The molecule has 0 saturated heterocycles. The number of ether oxygens (including phenoxy) is 2. The van der Waals surface area contributed by atoms with Crippen LogP contribution < -0.4 is 20.1 Å². The van der Waals surface area contributed by atoms with Crippen molar-refractivity contribution in [3.05, 3.63) is 100 Å². The molecule has 3 aromatic carbocycles. The fourth-order valence-electron chi connectivity index (χ4n) is 4.52. The van der Waals surface area contributed by atoms with E-state index in [1.807, 2.05) is 86.6 Å². The minimum absolute atomic E-state index is 0.251. The predicted octanol–water partition coefficient (Wildman–Crippen LogP) is 7.34. The topological polar surface area (TPSA) is 90.3 Å². The van der Waals surface area contributed by atoms with E-state index in [0.29, 0.717) is 57.8 Å². The van der Waals surface area contributed by atoms with Crippen LogP contribution in [0, 0.1) is 0 Å². The number of thioether (sulfide) groups is 1. The van der Waals surface area contributed by atoms with Crippen LogP contribution in [0.25, 0.3) is 0 Å². The van der Waals surface area contributed by atoms with E-state index in [0.717, 1.165) is 23.3 Å². The van der Waals surface area contributed by atoms with Crippen molar-refractivity contribution in [1.82, 2.24) is 14.8 Å². The average molecular weight is 590 g/mol. The second-order valence-electron chi connectivity index (χ2n) is 9.44. The largest absolute Gasteiger partial charge is 0.492 e. The smallest absolute Gasteiger partial charge is 0.255 e. The van der Waals surface area contributed by atoms with E-state index in [1.165, 1.54) is 0 Å². The van der Waals surface area contributed by atoms with E-state index in [4.69, 9.17) is 31.2 Å². The van der Waals surface area contributed by atoms with Crippen LogP contribution in [0.15, 0.2) is 89.2 Å². The normalized spacial score (nSPS) is 14.3. The number of halogens is 1. The van der Waals surface area contributed by atoms with E-state index in [2.05, 4.69) is 17.6 Å². The molecule has 5 rings (SSSR count). The first-order chi connectivity index (χ1) is 20.0. The zero-order valence-electron chi connectivity index (χ0n) is 23.2. The summed E-state index contributed by atoms with van der Waals surface area (Å²) in [5.41, 5.74) is 3.75. The monoisotopic (exact) mass is 589 g/mol. The van der Waals surface area contributed by atoms with Gasteiger partial charge in [0.15, 0.2) is 0 Å². The molecule has 0 fully saturated rings. The zero-order valence-corrected chi connectivity index (χ0v) is 24.8. The van der Waals surface area contributed by atoms with Crippen LogP contribution >= 0.6 is 23.4 Å². The van der Waals surface area contributed by atoms with Gasteiger partial charge in [0.2, 0.25) is 11.1 Å². The molecule has 0 spiro atoms. The number of aromatic nitrogens is 3. The molecule has 4 aromatic rings. The molecule has 10 heteroatoms. The minimum atomic E-state index is -0.501. The van der Waals surface area contributed by atoms with Crippen molar-refractivity contribution >= 4 is 40.9 Å². The quantitative estimate of drug-likeness (QED) is 0.177. The molecule has 1 unspecified atom stereocenters. The fraction of sp³-hybridized carbons (Fsp3) is 0.258. The third kappa shape index (κ3) is 6.69. The van der Waals surface area contributed by atoms with Gasteiger partial charge in [-0.1, -0.05) is 66.7 Å². The second-order valence-corrected chi connectivity index (χ2v) is 10.9. The lowest BCUT2D eigenvalue weighted by Gasteiger charge is -2.29. The molecule has 2 N–H and O–H groups in total. The summed E-state index contributed by atoms with van der Waals surface area (Å²) in [5, 5.41) is 12.5. The molecular formula is C31H32ClN5O3S. The number of carbonyl (C=O) groups excluding carboxylic acids is 1. The van der Waals surface area contributed by atoms with E-state index in [-0.39, 0.29) is 5.91 Å². The Kier molecular flexibility index (Phi) is 9.16. The lowest BCUT2D eigenvalue weighted by atomic mass is 9.95. The van der Waals surface area contributed by atoms with Crippen molar-refractivity contribution in [1.29, 1.82) is 0 Å². The van der Waals surface area contributed by atoms with E-state index < -0.39 is 6.04 Å². The number of allylic oxidation sites excluding steroid dienone is 1. The van der Waals surface area contributed by atoms with Gasteiger partial charge in [0.05, 0.1) is 17.9 Å². The number of amides is 1. The maximum absolute atomic E-state index is 13.9. The maximum atomic E-state index is 13.9. The molecule has 212 valence electrons. The number of hydrogen-bond donors (Lipinski definition) is 2. The molecule has 1 aromatic heterocycles. The summed E-state index contributed by atoms with van der Waals surface area (Å²) >= 11 is 7.59. The molecule has 1 aliphatic rings. The number of anilines is 2. The van der Waals surface area contributed by atoms with Gasteiger partial charge in [-0.05, 0) is 67.8 Å². The molecule has 8 nitrogen and oxygen atoms in total. The van der Waals surface area contributed by atoms with Crippen molar-refractivity contribution < 1.29 is 14.3 Å². The van der Waals surface area contributed by atoms with Crippen molar-refractivity contribution in [2.45, 2.75) is 45.0 Å². The molecule has 1 atom stereocenters. The van der Waals surface area contributed by atoms with Crippen LogP contribution in [0.5, 0.6) is 11.5 Å². The van der Waals surface area contributed by atoms with Gasteiger partial charge >= 0.3 is 0 Å². The summed E-state index contributed by atoms with van der Waals surface area (Å²) in [7, 11) is 0. The van der Waals surface area contributed by atoms with Gasteiger partial charge < -0.3 is 20.1 Å². The molecule has 0 radical (unpaired) electrons. The highest BCUT2D eigenvalue weighted by Crippen LogP contribution is 2.38. The summed E-state index contributed by atoms with van der Waals surface area (Å²) in [5.74, 6) is 2.58. The summed E-state index contributed by atoms with van der Waals surface area (Å²) in [4.78, 5) is 18.6. The van der Waals surface area contributed by atoms with Gasteiger partial charge in [-0.15, -0.1) is 5.10 Å². The minimum Gasteiger partial charge on any atom is -0.492 e. The molecule has 0 bridgehead atoms. The number of fused-ring (bicyclic) bond motifs is 1. The Morgan fingerprint density at radius 3 is 2.54 bits per heavy atom. The highest BCUT2D eigenvalue weighted by Gasteiger charge is 2.34. The zero-order chi connectivity index (χ0) is 28.8. The summed E-state index contributed by atoms with van der Waals surface area (Å²) in [6.07, 6.45) is 1.01. The molecule has 41 heavy (non-hydrogen) atoms. The number of hydrogen-bond acceptors (Lipinski definition) is 7. The van der Waals surface area contributed by atoms with Gasteiger partial charge in [0.1, 0.15) is 24.1 Å². The predicted molar refractivity (Wildman–Crippen MR) is 164 cm³/mol. The third-order valence-corrected chi connectivity index (χ3v) is 7.76. The van der Waals surface area contributed by atoms with Crippen molar-refractivity contribution in [2.24, 2.45) is 0 Å². The Balaban J connectivity index is 1.45. The van der Waals surface area contributed by atoms with Gasteiger partial charge in [-0.2, -0.15) is 4.98 Å². The van der Waals surface area contributed by atoms with Crippen molar-refractivity contribution in [3.63, 3.8) is 0 Å². The molecule has 1 amide bonds. The molecule has 0 aliphatic carbocycles. The molecule has 1 aliphatic heterocycles. The van der Waals surface area contributed by atoms with Crippen LogP contribution in [0.4, 0.5) is 11.6 Å². The van der Waals surface area contributed by atoms with E-state index >= 15 is 0 Å². The lowest BCUT2D eigenvalue weighted by molar-refractivity contribution is -0.113. The lowest BCUT2D eigenvalue weighted by Crippen LogP contribution is -2.31. The average Bonchev–Trinajstić information content (AvgIpc) is 3.38. The third-order valence-electron chi connectivity index (χ3n) is 6.46. The van der Waals surface area contributed by atoms with E-state index in [9.17, 15) is 4.79 Å². The number of benzene rings is 3. The number of carbonyl (C=O) groups is 1. The fourth-order valence-corrected chi connectivity index (χ4v) is 5.33. The number of para-hydroxylation sites is 2. The summed E-state index contributed by atoms with van der Waals surface area (Å²) in [6.45, 7) is 6.83. The first kappa shape index (κ1) is 28.6. The number of rotatable bonds is 11. The Morgan fingerprint density at radius 1 is 1.05 bits per heavy atom. The SMILES string of the molecule is CCCSc1nc2n(n1)C(c1ccc(OCc3ccc(Cl)cc3)cc1)C(C(=O)Nc1ccccc1OCC)=C(C)N2. The summed E-state index contributed by atoms with van der Waals surface area (Å²) in [6, 6.07) is 22.2. The number of nitrogens with zero attached hydrogens (tertiary/aromatic N) is 3. The highest BCUT2D eigenvalue weighted by molar-refractivity contribution is 7.99. The van der Waals surface area contributed by atoms with Crippen molar-refractivity contribution in [2.75, 3.05) is 23.0 Å². The Bertz CT molecular complexity index is 1540. The first-order valence-electron chi connectivity index (χ1n) is 13.5. The second kappa shape index (κ2) is 13.1. The Morgan fingerprint density at radius 2 is 1.80 bits per heavy atom. The molecular weight excluding hydrogens is 558 g/mol. The highest BCUT2D eigenvalue weighted by atomic mass is 35.5. The van der Waals surface area contributed by atoms with Crippen LogP contribution in [-0.2, 0) is 11.4 Å². The van der Waals surface area contributed by atoms with Crippen LogP contribution in [0.2, 0.25) is 5.02 Å². The molecule has 0 saturated carbocycles. The van der Waals surface area contributed by atoms with Gasteiger partial charge in [-0.25, -0.2) is 4.68 Å². The molecule has 2 heterocycles. The first-order valence-corrected chi connectivity index (χ1v) is 14.9. The number of nitrogens with one attached hydrogen (secondary N) is 2.